The first kappa shape index (κ1) is 17.0. The van der Waals surface area contributed by atoms with Crippen LogP contribution in [0.5, 0.6) is 5.75 Å². The monoisotopic (exact) mass is 318 g/mol. The summed E-state index contributed by atoms with van der Waals surface area (Å²) in [6, 6.07) is 7.49. The highest BCUT2D eigenvalue weighted by atomic mass is 16.5. The molecule has 1 aromatic carbocycles. The van der Waals surface area contributed by atoms with E-state index in [1.807, 2.05) is 24.3 Å². The number of ether oxygens (including phenoxy) is 2. The van der Waals surface area contributed by atoms with Crippen molar-refractivity contribution in [1.29, 1.82) is 0 Å². The third-order valence-electron chi connectivity index (χ3n) is 3.41. The molecule has 2 aromatic rings. The summed E-state index contributed by atoms with van der Waals surface area (Å²) >= 11 is 0. The fourth-order valence-corrected chi connectivity index (χ4v) is 2.19. The molecule has 0 aliphatic carbocycles. The molecular weight excluding hydrogens is 296 g/mol. The third kappa shape index (κ3) is 4.56. The topological polar surface area (TPSA) is 73.6 Å². The zero-order valence-corrected chi connectivity index (χ0v) is 13.7. The van der Waals surface area contributed by atoms with E-state index >= 15 is 0 Å². The molecule has 2 rings (SSSR count). The Hall–Kier alpha value is -2.34. The van der Waals surface area contributed by atoms with Crippen molar-refractivity contribution >= 4 is 5.91 Å². The van der Waals surface area contributed by atoms with Gasteiger partial charge in [0.1, 0.15) is 11.5 Å². The van der Waals surface area contributed by atoms with Crippen molar-refractivity contribution in [3.63, 3.8) is 0 Å². The first-order valence-electron chi connectivity index (χ1n) is 7.51. The number of aryl methyl sites for hydroxylation is 1. The lowest BCUT2D eigenvalue weighted by Gasteiger charge is -2.04. The maximum atomic E-state index is 11.9. The molecule has 1 aromatic heterocycles. The Balaban J connectivity index is 2.05. The molecule has 1 heterocycles. The summed E-state index contributed by atoms with van der Waals surface area (Å²) in [6.45, 7) is 3.02. The van der Waals surface area contributed by atoms with Crippen molar-refractivity contribution in [2.45, 2.75) is 19.8 Å². The molecule has 0 saturated heterocycles. The van der Waals surface area contributed by atoms with Gasteiger partial charge < -0.3 is 19.2 Å². The van der Waals surface area contributed by atoms with Gasteiger partial charge in [-0.2, -0.15) is 0 Å². The van der Waals surface area contributed by atoms with Gasteiger partial charge in [-0.25, -0.2) is 4.98 Å². The van der Waals surface area contributed by atoms with E-state index in [0.717, 1.165) is 12.0 Å². The van der Waals surface area contributed by atoms with E-state index in [1.54, 1.807) is 21.1 Å². The molecule has 0 saturated carbocycles. The maximum Gasteiger partial charge on any atom is 0.230 e. The van der Waals surface area contributed by atoms with Crippen molar-refractivity contribution in [3.8, 4) is 17.2 Å². The zero-order chi connectivity index (χ0) is 16.7. The van der Waals surface area contributed by atoms with Gasteiger partial charge in [0.05, 0.1) is 24.8 Å². The number of hydrogen-bond donors (Lipinski definition) is 1. The van der Waals surface area contributed by atoms with Gasteiger partial charge in [0.2, 0.25) is 11.8 Å². The number of carbonyl (C=O) groups is 1. The van der Waals surface area contributed by atoms with E-state index < -0.39 is 0 Å². The van der Waals surface area contributed by atoms with Gasteiger partial charge in [-0.3, -0.25) is 4.79 Å². The van der Waals surface area contributed by atoms with Crippen molar-refractivity contribution in [2.24, 2.45) is 0 Å². The van der Waals surface area contributed by atoms with Gasteiger partial charge in [-0.1, -0.05) is 12.1 Å². The average molecular weight is 318 g/mol. The van der Waals surface area contributed by atoms with Gasteiger partial charge in [-0.05, 0) is 25.5 Å². The normalized spacial score (nSPS) is 10.6. The predicted molar refractivity (Wildman–Crippen MR) is 86.4 cm³/mol. The Morgan fingerprint density at radius 3 is 2.83 bits per heavy atom. The second-order valence-corrected chi connectivity index (χ2v) is 5.10. The van der Waals surface area contributed by atoms with Crippen molar-refractivity contribution in [2.75, 3.05) is 27.4 Å². The lowest BCUT2D eigenvalue weighted by molar-refractivity contribution is -0.120. The van der Waals surface area contributed by atoms with E-state index in [1.165, 1.54) is 0 Å². The Morgan fingerprint density at radius 1 is 1.30 bits per heavy atom. The first-order chi connectivity index (χ1) is 11.2. The zero-order valence-electron chi connectivity index (χ0n) is 13.7. The van der Waals surface area contributed by atoms with Crippen molar-refractivity contribution in [1.82, 2.24) is 10.3 Å². The molecule has 6 heteroatoms. The number of hydrogen-bond acceptors (Lipinski definition) is 5. The van der Waals surface area contributed by atoms with E-state index in [2.05, 4.69) is 10.3 Å². The second kappa shape index (κ2) is 8.33. The van der Waals surface area contributed by atoms with Crippen LogP contribution in [0.4, 0.5) is 0 Å². The minimum Gasteiger partial charge on any atom is -0.496 e. The Bertz CT molecular complexity index is 652. The molecule has 0 fully saturated rings. The second-order valence-electron chi connectivity index (χ2n) is 5.10. The number of nitrogens with zero attached hydrogens (tertiary/aromatic N) is 1. The molecule has 6 nitrogen and oxygen atoms in total. The summed E-state index contributed by atoms with van der Waals surface area (Å²) in [4.78, 5) is 16.4. The number of nitrogens with one attached hydrogen (secondary N) is 1. The van der Waals surface area contributed by atoms with Crippen LogP contribution in [0.3, 0.4) is 0 Å². The lowest BCUT2D eigenvalue weighted by Crippen LogP contribution is -2.27. The number of aromatic nitrogens is 1. The summed E-state index contributed by atoms with van der Waals surface area (Å²) in [5, 5.41) is 2.84. The largest absolute Gasteiger partial charge is 0.496 e. The minimum atomic E-state index is -0.0796. The predicted octanol–water partition coefficient (Wildman–Crippen LogP) is 2.35. The molecule has 0 aliphatic heterocycles. The smallest absolute Gasteiger partial charge is 0.230 e. The summed E-state index contributed by atoms with van der Waals surface area (Å²) in [5.74, 6) is 1.70. The number of rotatable bonds is 8. The highest BCUT2D eigenvalue weighted by Crippen LogP contribution is 2.30. The molecule has 0 radical (unpaired) electrons. The fraction of sp³-hybridized carbons (Fsp3) is 0.412. The van der Waals surface area contributed by atoms with Crippen LogP contribution in [-0.4, -0.2) is 38.3 Å². The quantitative estimate of drug-likeness (QED) is 0.756. The van der Waals surface area contributed by atoms with E-state index in [-0.39, 0.29) is 12.3 Å². The van der Waals surface area contributed by atoms with Crippen LogP contribution < -0.4 is 10.1 Å². The number of para-hydroxylation sites is 1. The standard InChI is InChI=1S/C17H22N2O4/c1-12-14(11-16(20)18-9-6-10-21-2)19-17(23-12)13-7-4-5-8-15(13)22-3/h4-5,7-8H,6,9-11H2,1-3H3,(H,18,20). The van der Waals surface area contributed by atoms with Crippen LogP contribution >= 0.6 is 0 Å². The Labute approximate surface area is 135 Å². The molecule has 1 N–H and O–H groups in total. The Kier molecular flexibility index (Phi) is 6.17. The van der Waals surface area contributed by atoms with Crippen LogP contribution in [-0.2, 0) is 16.0 Å². The minimum absolute atomic E-state index is 0.0796. The van der Waals surface area contributed by atoms with E-state index in [9.17, 15) is 4.79 Å². The molecule has 124 valence electrons. The highest BCUT2D eigenvalue weighted by molar-refractivity contribution is 5.78. The summed E-state index contributed by atoms with van der Waals surface area (Å²) in [7, 11) is 3.24. The van der Waals surface area contributed by atoms with Gasteiger partial charge in [0.25, 0.3) is 0 Å². The van der Waals surface area contributed by atoms with Crippen LogP contribution in [0.1, 0.15) is 17.9 Å². The number of carbonyl (C=O) groups excluding carboxylic acids is 1. The molecule has 1 amide bonds. The molecule has 0 bridgehead atoms. The number of amides is 1. The van der Waals surface area contributed by atoms with Gasteiger partial charge in [0.15, 0.2) is 0 Å². The number of benzene rings is 1. The average Bonchev–Trinajstić information content (AvgIpc) is 2.92. The number of oxazole rings is 1. The summed E-state index contributed by atoms with van der Waals surface area (Å²) in [5.41, 5.74) is 1.40. The van der Waals surface area contributed by atoms with Gasteiger partial charge >= 0.3 is 0 Å². The lowest BCUT2D eigenvalue weighted by atomic mass is 10.2. The molecule has 0 unspecified atom stereocenters. The number of methoxy groups -OCH3 is 2. The summed E-state index contributed by atoms with van der Waals surface area (Å²) < 4.78 is 16.0. The maximum absolute atomic E-state index is 11.9. The summed E-state index contributed by atoms with van der Waals surface area (Å²) in [6.07, 6.45) is 0.976. The Morgan fingerprint density at radius 2 is 2.09 bits per heavy atom. The van der Waals surface area contributed by atoms with Gasteiger partial charge in [-0.15, -0.1) is 0 Å². The molecule has 0 spiro atoms. The van der Waals surface area contributed by atoms with Crippen LogP contribution in [0.25, 0.3) is 11.5 Å². The fourth-order valence-electron chi connectivity index (χ4n) is 2.19. The molecule has 0 aliphatic rings. The molecule has 0 atom stereocenters. The van der Waals surface area contributed by atoms with E-state index in [4.69, 9.17) is 13.9 Å². The highest BCUT2D eigenvalue weighted by Gasteiger charge is 2.16. The SMILES string of the molecule is COCCCNC(=O)Cc1nc(-c2ccccc2OC)oc1C. The third-order valence-corrected chi connectivity index (χ3v) is 3.41. The molecule has 23 heavy (non-hydrogen) atoms. The molecular formula is C17H22N2O4. The van der Waals surface area contributed by atoms with E-state index in [0.29, 0.717) is 36.2 Å². The van der Waals surface area contributed by atoms with Crippen molar-refractivity contribution in [3.05, 3.63) is 35.7 Å². The van der Waals surface area contributed by atoms with Crippen LogP contribution in [0, 0.1) is 6.92 Å². The van der Waals surface area contributed by atoms with Crippen LogP contribution in [0.2, 0.25) is 0 Å². The van der Waals surface area contributed by atoms with Crippen molar-refractivity contribution < 1.29 is 18.7 Å². The first-order valence-corrected chi connectivity index (χ1v) is 7.51. The van der Waals surface area contributed by atoms with Crippen LogP contribution in [0.15, 0.2) is 28.7 Å². The van der Waals surface area contributed by atoms with Gasteiger partial charge in [0, 0.05) is 20.3 Å².